The largest absolute Gasteiger partial charge is 0.462 e. The van der Waals surface area contributed by atoms with Gasteiger partial charge in [0.2, 0.25) is 0 Å². The van der Waals surface area contributed by atoms with E-state index < -0.39 is 0 Å². The van der Waals surface area contributed by atoms with Gasteiger partial charge < -0.3 is 15.4 Å². The van der Waals surface area contributed by atoms with Crippen LogP contribution in [0.1, 0.15) is 33.3 Å². The number of nitrogens with zero attached hydrogens (tertiary/aromatic N) is 2. The van der Waals surface area contributed by atoms with E-state index in [1.54, 1.807) is 49.6 Å². The number of aromatic nitrogens is 2. The Kier molecular flexibility index (Phi) is 6.30. The highest BCUT2D eigenvalue weighted by molar-refractivity contribution is 5.95. The summed E-state index contributed by atoms with van der Waals surface area (Å²) in [6.07, 6.45) is 4.80. The van der Waals surface area contributed by atoms with Crippen molar-refractivity contribution < 1.29 is 14.3 Å². The first-order valence-electron chi connectivity index (χ1n) is 8.83. The number of rotatable bonds is 7. The van der Waals surface area contributed by atoms with Crippen molar-refractivity contribution in [3.8, 4) is 0 Å². The third-order valence-corrected chi connectivity index (χ3v) is 3.84. The molecule has 2 aromatic heterocycles. The van der Waals surface area contributed by atoms with Crippen molar-refractivity contribution in [3.05, 3.63) is 83.9 Å². The summed E-state index contributed by atoms with van der Waals surface area (Å²) in [4.78, 5) is 32.3. The van der Waals surface area contributed by atoms with Gasteiger partial charge in [-0.05, 0) is 49.4 Å². The zero-order chi connectivity index (χ0) is 19.8. The number of pyridine rings is 2. The minimum Gasteiger partial charge on any atom is -0.462 e. The summed E-state index contributed by atoms with van der Waals surface area (Å²) in [6.45, 7) is 2.44. The molecule has 0 unspecified atom stereocenters. The van der Waals surface area contributed by atoms with Crippen molar-refractivity contribution in [2.75, 3.05) is 11.9 Å². The third-order valence-electron chi connectivity index (χ3n) is 3.84. The predicted molar refractivity (Wildman–Crippen MR) is 105 cm³/mol. The van der Waals surface area contributed by atoms with Crippen molar-refractivity contribution in [1.29, 1.82) is 0 Å². The molecule has 142 valence electrons. The Labute approximate surface area is 162 Å². The molecule has 2 heterocycles. The zero-order valence-corrected chi connectivity index (χ0v) is 15.4. The first-order chi connectivity index (χ1) is 13.7. The number of nitrogens with one attached hydrogen (secondary N) is 2. The summed E-state index contributed by atoms with van der Waals surface area (Å²) in [5.74, 6) is -0.596. The lowest BCUT2D eigenvalue weighted by Crippen LogP contribution is -2.23. The molecule has 2 N–H and O–H groups in total. The lowest BCUT2D eigenvalue weighted by molar-refractivity contribution is 0.0526. The van der Waals surface area contributed by atoms with Gasteiger partial charge in [0, 0.05) is 18.1 Å². The lowest BCUT2D eigenvalue weighted by Gasteiger charge is -2.09. The number of esters is 1. The molecule has 1 aromatic carbocycles. The van der Waals surface area contributed by atoms with Crippen molar-refractivity contribution in [3.63, 3.8) is 0 Å². The molecule has 1 amide bonds. The number of hydrogen-bond donors (Lipinski definition) is 2. The number of hydrogen-bond acceptors (Lipinski definition) is 6. The molecule has 7 nitrogen and oxygen atoms in total. The molecule has 0 saturated carbocycles. The molecule has 0 aliphatic heterocycles. The number of benzene rings is 1. The van der Waals surface area contributed by atoms with Gasteiger partial charge in [-0.3, -0.25) is 14.8 Å². The van der Waals surface area contributed by atoms with Crippen LogP contribution in [0.15, 0.2) is 67.1 Å². The summed E-state index contributed by atoms with van der Waals surface area (Å²) < 4.78 is 4.96. The third kappa shape index (κ3) is 5.14. The average molecular weight is 376 g/mol. The van der Waals surface area contributed by atoms with Gasteiger partial charge in [-0.25, -0.2) is 4.79 Å². The van der Waals surface area contributed by atoms with Crippen LogP contribution >= 0.6 is 0 Å². The highest BCUT2D eigenvalue weighted by atomic mass is 16.5. The van der Waals surface area contributed by atoms with E-state index in [1.165, 1.54) is 6.20 Å². The number of anilines is 2. The predicted octanol–water partition coefficient (Wildman–Crippen LogP) is 3.33. The molecule has 3 rings (SSSR count). The number of amides is 1. The van der Waals surface area contributed by atoms with Gasteiger partial charge in [0.25, 0.3) is 5.91 Å². The second-order valence-corrected chi connectivity index (χ2v) is 5.89. The van der Waals surface area contributed by atoms with Crippen LogP contribution in [0.3, 0.4) is 0 Å². The lowest BCUT2D eigenvalue weighted by atomic mass is 10.2. The fraction of sp³-hybridized carbons (Fsp3) is 0.143. The molecule has 7 heteroatoms. The normalized spacial score (nSPS) is 10.2. The maximum absolute atomic E-state index is 12.3. The summed E-state index contributed by atoms with van der Waals surface area (Å²) in [5, 5.41) is 5.98. The Morgan fingerprint density at radius 1 is 1.00 bits per heavy atom. The van der Waals surface area contributed by atoms with E-state index in [-0.39, 0.29) is 11.9 Å². The van der Waals surface area contributed by atoms with Crippen LogP contribution in [-0.4, -0.2) is 28.5 Å². The van der Waals surface area contributed by atoms with Crippen LogP contribution < -0.4 is 10.6 Å². The summed E-state index contributed by atoms with van der Waals surface area (Å²) in [7, 11) is 0. The molecule has 0 aliphatic carbocycles. The first-order valence-corrected chi connectivity index (χ1v) is 8.83. The van der Waals surface area contributed by atoms with E-state index in [1.807, 2.05) is 18.2 Å². The second-order valence-electron chi connectivity index (χ2n) is 5.89. The van der Waals surface area contributed by atoms with E-state index in [0.29, 0.717) is 30.0 Å². The molecule has 0 radical (unpaired) electrons. The standard InChI is InChI=1S/C21H20N4O3/c1-2-28-21(27)15-6-8-17(9-7-15)25-19-11-16(12-22-13-19)20(26)24-14-18-5-3-4-10-23-18/h3-13,25H,2,14H2,1H3,(H,24,26). The van der Waals surface area contributed by atoms with Gasteiger partial charge in [0.15, 0.2) is 0 Å². The topological polar surface area (TPSA) is 93.2 Å². The van der Waals surface area contributed by atoms with Crippen LogP contribution in [0.4, 0.5) is 11.4 Å². The molecule has 0 aliphatic rings. The van der Waals surface area contributed by atoms with Crippen molar-refractivity contribution in [2.45, 2.75) is 13.5 Å². The molecule has 0 fully saturated rings. The molecule has 0 spiro atoms. The summed E-state index contributed by atoms with van der Waals surface area (Å²) >= 11 is 0. The zero-order valence-electron chi connectivity index (χ0n) is 15.4. The summed E-state index contributed by atoms with van der Waals surface area (Å²) in [6, 6.07) is 14.1. The van der Waals surface area contributed by atoms with Gasteiger partial charge in [-0.2, -0.15) is 0 Å². The Hall–Kier alpha value is -3.74. The molecular formula is C21H20N4O3. The Bertz CT molecular complexity index is 943. The smallest absolute Gasteiger partial charge is 0.338 e. The Morgan fingerprint density at radius 2 is 1.82 bits per heavy atom. The second kappa shape index (κ2) is 9.27. The van der Waals surface area contributed by atoms with E-state index in [0.717, 1.165) is 11.4 Å². The molecular weight excluding hydrogens is 356 g/mol. The molecule has 0 saturated heterocycles. The van der Waals surface area contributed by atoms with Crippen LogP contribution in [0.2, 0.25) is 0 Å². The van der Waals surface area contributed by atoms with Crippen LogP contribution in [0.25, 0.3) is 0 Å². The highest BCUT2D eigenvalue weighted by Crippen LogP contribution is 2.18. The van der Waals surface area contributed by atoms with Crippen LogP contribution in [-0.2, 0) is 11.3 Å². The van der Waals surface area contributed by atoms with Crippen molar-refractivity contribution in [2.24, 2.45) is 0 Å². The Morgan fingerprint density at radius 3 is 2.54 bits per heavy atom. The van der Waals surface area contributed by atoms with Gasteiger partial charge in [0.05, 0.1) is 41.9 Å². The van der Waals surface area contributed by atoms with Crippen molar-refractivity contribution in [1.82, 2.24) is 15.3 Å². The number of carbonyl (C=O) groups is 2. The van der Waals surface area contributed by atoms with Gasteiger partial charge in [-0.15, -0.1) is 0 Å². The van der Waals surface area contributed by atoms with E-state index in [4.69, 9.17) is 4.74 Å². The minimum atomic E-state index is -0.359. The number of ether oxygens (including phenoxy) is 1. The first kappa shape index (κ1) is 19.0. The fourth-order valence-corrected chi connectivity index (χ4v) is 2.48. The SMILES string of the molecule is CCOC(=O)c1ccc(Nc2cncc(C(=O)NCc3ccccn3)c2)cc1. The van der Waals surface area contributed by atoms with Gasteiger partial charge in [-0.1, -0.05) is 6.07 Å². The minimum absolute atomic E-state index is 0.237. The molecule has 3 aromatic rings. The quantitative estimate of drug-likeness (QED) is 0.615. The molecule has 0 atom stereocenters. The maximum atomic E-state index is 12.3. The maximum Gasteiger partial charge on any atom is 0.338 e. The van der Waals surface area contributed by atoms with Crippen LogP contribution in [0, 0.1) is 0 Å². The van der Waals surface area contributed by atoms with Gasteiger partial charge in [0.1, 0.15) is 0 Å². The van der Waals surface area contributed by atoms with E-state index in [2.05, 4.69) is 20.6 Å². The summed E-state index contributed by atoms with van der Waals surface area (Å²) in [5.41, 5.74) is 3.12. The number of carbonyl (C=O) groups excluding carboxylic acids is 2. The van der Waals surface area contributed by atoms with Crippen molar-refractivity contribution >= 4 is 23.3 Å². The average Bonchev–Trinajstić information content (AvgIpc) is 2.73. The van der Waals surface area contributed by atoms with Crippen LogP contribution in [0.5, 0.6) is 0 Å². The fourth-order valence-electron chi connectivity index (χ4n) is 2.48. The highest BCUT2D eigenvalue weighted by Gasteiger charge is 2.09. The van der Waals surface area contributed by atoms with E-state index >= 15 is 0 Å². The van der Waals surface area contributed by atoms with E-state index in [9.17, 15) is 9.59 Å². The molecule has 28 heavy (non-hydrogen) atoms. The Balaban J connectivity index is 1.62. The molecule has 0 bridgehead atoms. The monoisotopic (exact) mass is 376 g/mol. The van der Waals surface area contributed by atoms with Gasteiger partial charge >= 0.3 is 5.97 Å².